The van der Waals surface area contributed by atoms with E-state index in [1.807, 2.05) is 24.3 Å². The van der Waals surface area contributed by atoms with E-state index in [9.17, 15) is 8.42 Å². The van der Waals surface area contributed by atoms with Crippen molar-refractivity contribution in [3.8, 4) is 0 Å². The summed E-state index contributed by atoms with van der Waals surface area (Å²) in [4.78, 5) is 4.81. The highest BCUT2D eigenvalue weighted by molar-refractivity contribution is 8.13. The first-order valence-electron chi connectivity index (χ1n) is 6.83. The molecule has 0 bridgehead atoms. The van der Waals surface area contributed by atoms with Crippen molar-refractivity contribution in [2.45, 2.75) is 12.2 Å². The van der Waals surface area contributed by atoms with Crippen molar-refractivity contribution in [2.75, 3.05) is 39.8 Å². The molecule has 0 atom stereocenters. The largest absolute Gasteiger partial charge is 0.304 e. The van der Waals surface area contributed by atoms with Crippen molar-refractivity contribution >= 4 is 19.7 Å². The Morgan fingerprint density at radius 3 is 2.15 bits per heavy atom. The predicted octanol–water partition coefficient (Wildman–Crippen LogP) is 1.55. The Morgan fingerprint density at radius 1 is 1.05 bits per heavy atom. The van der Waals surface area contributed by atoms with Crippen LogP contribution in [0.4, 0.5) is 0 Å². The van der Waals surface area contributed by atoms with Crippen LogP contribution in [-0.4, -0.2) is 58.0 Å². The molecular formula is C14H21ClN2O2S. The maximum absolute atomic E-state index is 11.0. The lowest BCUT2D eigenvalue weighted by atomic mass is 10.1. The number of halogens is 1. The topological polar surface area (TPSA) is 40.6 Å². The molecular weight excluding hydrogens is 296 g/mol. The van der Waals surface area contributed by atoms with Crippen LogP contribution < -0.4 is 0 Å². The smallest absolute Gasteiger partial charge is 0.236 e. The molecule has 0 saturated carbocycles. The quantitative estimate of drug-likeness (QED) is 0.773. The SMILES string of the molecule is CN1CCN(CCc2ccc(CS(=O)(=O)Cl)cc2)CC1. The highest BCUT2D eigenvalue weighted by Gasteiger charge is 2.13. The van der Waals surface area contributed by atoms with Crippen molar-refractivity contribution in [1.82, 2.24) is 9.80 Å². The molecule has 2 rings (SSSR count). The lowest BCUT2D eigenvalue weighted by Gasteiger charge is -2.32. The zero-order valence-electron chi connectivity index (χ0n) is 11.8. The summed E-state index contributed by atoms with van der Waals surface area (Å²) < 4.78 is 22.0. The van der Waals surface area contributed by atoms with Gasteiger partial charge in [-0.25, -0.2) is 8.42 Å². The number of benzene rings is 1. The molecule has 1 aromatic rings. The van der Waals surface area contributed by atoms with Gasteiger partial charge in [-0.2, -0.15) is 0 Å². The minimum absolute atomic E-state index is 0.104. The number of piperazine rings is 1. The van der Waals surface area contributed by atoms with E-state index in [2.05, 4.69) is 16.8 Å². The lowest BCUT2D eigenvalue weighted by Crippen LogP contribution is -2.45. The summed E-state index contributed by atoms with van der Waals surface area (Å²) >= 11 is 0. The summed E-state index contributed by atoms with van der Waals surface area (Å²) in [5.41, 5.74) is 1.97. The van der Waals surface area contributed by atoms with Gasteiger partial charge in [-0.3, -0.25) is 0 Å². The van der Waals surface area contributed by atoms with E-state index in [1.54, 1.807) is 0 Å². The van der Waals surface area contributed by atoms with Crippen LogP contribution >= 0.6 is 10.7 Å². The molecule has 20 heavy (non-hydrogen) atoms. The second-order valence-electron chi connectivity index (χ2n) is 5.39. The van der Waals surface area contributed by atoms with Gasteiger partial charge in [-0.15, -0.1) is 0 Å². The third-order valence-corrected chi connectivity index (χ3v) is 4.68. The van der Waals surface area contributed by atoms with Gasteiger partial charge in [-0.05, 0) is 24.6 Å². The number of likely N-dealkylation sites (N-methyl/N-ethyl adjacent to an activating group) is 1. The molecule has 4 nitrogen and oxygen atoms in total. The first-order chi connectivity index (χ1) is 9.42. The minimum Gasteiger partial charge on any atom is -0.304 e. The van der Waals surface area contributed by atoms with E-state index >= 15 is 0 Å². The summed E-state index contributed by atoms with van der Waals surface area (Å²) in [5, 5.41) is 0. The molecule has 1 aliphatic rings. The standard InChI is InChI=1S/C14H21ClN2O2S/c1-16-8-10-17(11-9-16)7-6-13-2-4-14(5-3-13)12-20(15,18)19/h2-5H,6-12H2,1H3. The van der Waals surface area contributed by atoms with E-state index in [-0.39, 0.29) is 5.75 Å². The van der Waals surface area contributed by atoms with Crippen LogP contribution in [0.3, 0.4) is 0 Å². The first-order valence-corrected chi connectivity index (χ1v) is 9.31. The van der Waals surface area contributed by atoms with E-state index < -0.39 is 9.05 Å². The van der Waals surface area contributed by atoms with Crippen LogP contribution in [0.15, 0.2) is 24.3 Å². The maximum atomic E-state index is 11.0. The van der Waals surface area contributed by atoms with E-state index in [1.165, 1.54) is 5.56 Å². The summed E-state index contributed by atoms with van der Waals surface area (Å²) in [6.07, 6.45) is 0.998. The molecule has 1 aromatic carbocycles. The highest BCUT2D eigenvalue weighted by atomic mass is 35.7. The molecule has 0 amide bonds. The average Bonchev–Trinajstić information content (AvgIpc) is 2.38. The molecule has 0 aliphatic carbocycles. The van der Waals surface area contributed by atoms with Crippen LogP contribution in [0.5, 0.6) is 0 Å². The summed E-state index contributed by atoms with van der Waals surface area (Å²) in [5.74, 6) is -0.104. The highest BCUT2D eigenvalue weighted by Crippen LogP contribution is 2.12. The second kappa shape index (κ2) is 6.89. The van der Waals surface area contributed by atoms with Crippen LogP contribution in [0.25, 0.3) is 0 Å². The zero-order chi connectivity index (χ0) is 14.6. The summed E-state index contributed by atoms with van der Waals surface area (Å²) in [7, 11) is 3.93. The number of hydrogen-bond acceptors (Lipinski definition) is 4. The fraction of sp³-hybridized carbons (Fsp3) is 0.571. The fourth-order valence-electron chi connectivity index (χ4n) is 2.36. The zero-order valence-corrected chi connectivity index (χ0v) is 13.3. The molecule has 1 aliphatic heterocycles. The molecule has 0 unspecified atom stereocenters. The van der Waals surface area contributed by atoms with Gasteiger partial charge in [-0.1, -0.05) is 24.3 Å². The molecule has 0 aromatic heterocycles. The van der Waals surface area contributed by atoms with E-state index in [0.29, 0.717) is 0 Å². The van der Waals surface area contributed by atoms with Gasteiger partial charge < -0.3 is 9.80 Å². The molecule has 1 saturated heterocycles. The normalized spacial score (nSPS) is 18.3. The molecule has 112 valence electrons. The third-order valence-electron chi connectivity index (χ3n) is 3.67. The maximum Gasteiger partial charge on any atom is 0.236 e. The third kappa shape index (κ3) is 5.40. The van der Waals surface area contributed by atoms with Gasteiger partial charge >= 0.3 is 0 Å². The molecule has 0 radical (unpaired) electrons. The van der Waals surface area contributed by atoms with Gasteiger partial charge in [0.1, 0.15) is 0 Å². The summed E-state index contributed by atoms with van der Waals surface area (Å²) in [6.45, 7) is 5.57. The van der Waals surface area contributed by atoms with E-state index in [4.69, 9.17) is 10.7 Å². The Bertz CT molecular complexity index is 523. The van der Waals surface area contributed by atoms with Crippen LogP contribution in [0, 0.1) is 0 Å². The molecule has 0 spiro atoms. The Balaban J connectivity index is 1.82. The van der Waals surface area contributed by atoms with Crippen molar-refractivity contribution in [3.05, 3.63) is 35.4 Å². The summed E-state index contributed by atoms with van der Waals surface area (Å²) in [6, 6.07) is 7.68. The van der Waals surface area contributed by atoms with Crippen molar-refractivity contribution in [3.63, 3.8) is 0 Å². The monoisotopic (exact) mass is 316 g/mol. The van der Waals surface area contributed by atoms with Gasteiger partial charge in [0.15, 0.2) is 0 Å². The van der Waals surface area contributed by atoms with Gasteiger partial charge in [0, 0.05) is 43.4 Å². The Labute approximate surface area is 125 Å². The van der Waals surface area contributed by atoms with Crippen LogP contribution in [-0.2, 0) is 21.2 Å². The average molecular weight is 317 g/mol. The molecule has 1 heterocycles. The number of hydrogen-bond donors (Lipinski definition) is 0. The van der Waals surface area contributed by atoms with Crippen molar-refractivity contribution < 1.29 is 8.42 Å². The fourth-order valence-corrected chi connectivity index (χ4v) is 3.33. The lowest BCUT2D eigenvalue weighted by molar-refractivity contribution is 0.155. The van der Waals surface area contributed by atoms with Crippen molar-refractivity contribution in [2.24, 2.45) is 0 Å². The number of nitrogens with zero attached hydrogens (tertiary/aromatic N) is 2. The van der Waals surface area contributed by atoms with Gasteiger partial charge in [0.05, 0.1) is 5.75 Å². The molecule has 0 N–H and O–H groups in total. The predicted molar refractivity (Wildman–Crippen MR) is 82.6 cm³/mol. The van der Waals surface area contributed by atoms with Gasteiger partial charge in [0.2, 0.25) is 9.05 Å². The Morgan fingerprint density at radius 2 is 1.60 bits per heavy atom. The Kier molecular flexibility index (Phi) is 5.43. The molecule has 6 heteroatoms. The number of rotatable bonds is 5. The van der Waals surface area contributed by atoms with Crippen molar-refractivity contribution in [1.29, 1.82) is 0 Å². The second-order valence-corrected chi connectivity index (χ2v) is 8.17. The first kappa shape index (κ1) is 15.8. The van der Waals surface area contributed by atoms with Crippen LogP contribution in [0.1, 0.15) is 11.1 Å². The molecule has 1 fully saturated rings. The van der Waals surface area contributed by atoms with E-state index in [0.717, 1.165) is 44.7 Å². The minimum atomic E-state index is -3.47. The Hall–Kier alpha value is -0.620. The van der Waals surface area contributed by atoms with Gasteiger partial charge in [0.25, 0.3) is 0 Å². The van der Waals surface area contributed by atoms with Crippen LogP contribution in [0.2, 0.25) is 0 Å².